The Balaban J connectivity index is 0.000000202. The van der Waals surface area contributed by atoms with Crippen LogP contribution >= 0.6 is 0 Å². The number of amides is 2. The number of anilines is 3. The van der Waals surface area contributed by atoms with Gasteiger partial charge in [-0.1, -0.05) is 24.3 Å². The summed E-state index contributed by atoms with van der Waals surface area (Å²) in [4.78, 5) is 30.0. The maximum Gasteiger partial charge on any atom is 0.416 e. The highest BCUT2D eigenvalue weighted by Crippen LogP contribution is 2.36. The lowest BCUT2D eigenvalue weighted by atomic mass is 10.1. The van der Waals surface area contributed by atoms with Gasteiger partial charge in [0.1, 0.15) is 13.2 Å². The van der Waals surface area contributed by atoms with Crippen molar-refractivity contribution in [3.63, 3.8) is 0 Å². The molecule has 1 fully saturated rings. The van der Waals surface area contributed by atoms with Crippen LogP contribution in [0.1, 0.15) is 16.8 Å². The van der Waals surface area contributed by atoms with E-state index in [0.717, 1.165) is 43.0 Å². The predicted molar refractivity (Wildman–Crippen MR) is 196 cm³/mol. The summed E-state index contributed by atoms with van der Waals surface area (Å²) in [6.07, 6.45) is -7.22. The molecular weight excluding hydrogens is 744 g/mol. The van der Waals surface area contributed by atoms with Crippen LogP contribution in [-0.2, 0) is 23.6 Å². The first-order valence-electron chi connectivity index (χ1n) is 17.6. The van der Waals surface area contributed by atoms with Crippen molar-refractivity contribution in [2.45, 2.75) is 18.9 Å². The minimum absolute atomic E-state index is 0.237. The number of hydrogen-bond acceptors (Lipinski definition) is 9. The molecule has 3 aromatic heterocycles. The molecule has 0 saturated carbocycles. The number of aromatic nitrogens is 3. The number of carbonyl (C=O) groups excluding carboxylic acids is 1. The monoisotopic (exact) mass is 779 g/mol. The zero-order chi connectivity index (χ0) is 39.3. The molecule has 3 aliphatic rings. The molecule has 5 aromatic rings. The van der Waals surface area contributed by atoms with Gasteiger partial charge in [0.15, 0.2) is 23.1 Å². The Labute approximate surface area is 317 Å². The number of nitrogens with zero attached hydrogens (tertiary/aromatic N) is 5. The molecule has 292 valence electrons. The Morgan fingerprint density at radius 2 is 1.38 bits per heavy atom. The van der Waals surface area contributed by atoms with Crippen LogP contribution in [0.2, 0.25) is 0 Å². The van der Waals surface area contributed by atoms with Crippen molar-refractivity contribution in [3.8, 4) is 34.0 Å². The fraction of sp³-hybridized carbons (Fsp3) is 0.282. The summed E-state index contributed by atoms with van der Waals surface area (Å²) in [5.41, 5.74) is 1.46. The largest absolute Gasteiger partial charge is 0.488 e. The number of morpholine rings is 1. The molecule has 8 rings (SSSR count). The van der Waals surface area contributed by atoms with E-state index in [1.54, 1.807) is 48.7 Å². The second kappa shape index (κ2) is 16.4. The Kier molecular flexibility index (Phi) is 11.2. The highest BCUT2D eigenvalue weighted by Gasteiger charge is 2.32. The second-order valence-electron chi connectivity index (χ2n) is 12.9. The molecule has 6 heterocycles. The van der Waals surface area contributed by atoms with Crippen LogP contribution in [0.3, 0.4) is 0 Å². The van der Waals surface area contributed by atoms with Crippen molar-refractivity contribution >= 4 is 23.4 Å². The fourth-order valence-electron chi connectivity index (χ4n) is 6.11. The lowest BCUT2D eigenvalue weighted by Crippen LogP contribution is -2.41. The van der Waals surface area contributed by atoms with Crippen LogP contribution in [0.15, 0.2) is 91.1 Å². The summed E-state index contributed by atoms with van der Waals surface area (Å²) >= 11 is 0. The summed E-state index contributed by atoms with van der Waals surface area (Å²) in [6, 6.07) is 19.8. The molecule has 2 amide bonds. The van der Waals surface area contributed by atoms with E-state index >= 15 is 0 Å². The van der Waals surface area contributed by atoms with E-state index < -0.39 is 29.5 Å². The number of carbonyl (C=O) groups is 1. The lowest BCUT2D eigenvalue weighted by Gasteiger charge is -2.29. The Morgan fingerprint density at radius 3 is 2.02 bits per heavy atom. The summed E-state index contributed by atoms with van der Waals surface area (Å²) < 4.78 is 94.0. The summed E-state index contributed by atoms with van der Waals surface area (Å²) in [5, 5.41) is 5.88. The van der Waals surface area contributed by atoms with Crippen molar-refractivity contribution in [1.82, 2.24) is 19.9 Å². The van der Waals surface area contributed by atoms with Crippen LogP contribution in [0.4, 0.5) is 48.5 Å². The summed E-state index contributed by atoms with van der Waals surface area (Å²) in [7, 11) is 0. The van der Waals surface area contributed by atoms with Gasteiger partial charge in [-0.2, -0.15) is 26.3 Å². The van der Waals surface area contributed by atoms with Gasteiger partial charge in [-0.25, -0.2) is 14.8 Å². The normalized spacial score (nSPS) is 15.5. The molecule has 0 radical (unpaired) electrons. The van der Waals surface area contributed by atoms with Crippen molar-refractivity contribution in [2.75, 3.05) is 68.1 Å². The average Bonchev–Trinajstić information content (AvgIpc) is 3.21. The number of benzene rings is 2. The first-order chi connectivity index (χ1) is 26.9. The molecule has 1 saturated heterocycles. The Morgan fingerprint density at radius 1 is 0.732 bits per heavy atom. The molecule has 17 heteroatoms. The minimum Gasteiger partial charge on any atom is -0.488 e. The highest BCUT2D eigenvalue weighted by atomic mass is 19.4. The summed E-state index contributed by atoms with van der Waals surface area (Å²) in [5.74, 6) is 1.80. The summed E-state index contributed by atoms with van der Waals surface area (Å²) in [6.45, 7) is 5.51. The van der Waals surface area contributed by atoms with Crippen LogP contribution in [0.25, 0.3) is 22.5 Å². The fourth-order valence-corrected chi connectivity index (χ4v) is 6.11. The Bertz CT molecular complexity index is 2160. The number of ether oxygens (including phenoxy) is 3. The van der Waals surface area contributed by atoms with E-state index in [2.05, 4.69) is 30.5 Å². The molecule has 0 unspecified atom stereocenters. The van der Waals surface area contributed by atoms with Crippen molar-refractivity contribution in [2.24, 2.45) is 0 Å². The molecule has 11 nitrogen and oxygen atoms in total. The Hall–Kier alpha value is -5.94. The van der Waals surface area contributed by atoms with Crippen molar-refractivity contribution < 1.29 is 45.3 Å². The number of alkyl halides is 6. The maximum absolute atomic E-state index is 13.2. The molecule has 0 bridgehead atoms. The van der Waals surface area contributed by atoms with Crippen molar-refractivity contribution in [1.29, 1.82) is 0 Å². The number of halogens is 6. The zero-order valence-corrected chi connectivity index (χ0v) is 29.7. The quantitative estimate of drug-likeness (QED) is 0.172. The van der Waals surface area contributed by atoms with Crippen molar-refractivity contribution in [3.05, 3.63) is 108 Å². The van der Waals surface area contributed by atoms with Gasteiger partial charge in [-0.05, 0) is 60.7 Å². The number of hydrogen-bond donors (Lipinski definition) is 2. The molecule has 0 aliphatic carbocycles. The number of fused-ring (bicyclic) bond motifs is 2. The van der Waals surface area contributed by atoms with Gasteiger partial charge < -0.3 is 24.8 Å². The van der Waals surface area contributed by atoms with Gasteiger partial charge >= 0.3 is 18.4 Å². The molecule has 0 atom stereocenters. The van der Waals surface area contributed by atoms with E-state index in [4.69, 9.17) is 14.2 Å². The van der Waals surface area contributed by atoms with Crippen LogP contribution in [0, 0.1) is 0 Å². The first-order valence-corrected chi connectivity index (χ1v) is 17.6. The minimum atomic E-state index is -4.47. The number of urea groups is 1. The lowest BCUT2D eigenvalue weighted by molar-refractivity contribution is -0.138. The molecule has 2 N–H and O–H groups in total. The van der Waals surface area contributed by atoms with Crippen LogP contribution < -0.4 is 25.0 Å². The molecule has 56 heavy (non-hydrogen) atoms. The second-order valence-corrected chi connectivity index (χ2v) is 12.9. The van der Waals surface area contributed by atoms with E-state index in [1.807, 2.05) is 6.07 Å². The van der Waals surface area contributed by atoms with E-state index in [0.29, 0.717) is 78.4 Å². The van der Waals surface area contributed by atoms with E-state index in [9.17, 15) is 31.1 Å². The van der Waals surface area contributed by atoms with Crippen LogP contribution in [-0.4, -0.2) is 78.5 Å². The third-order valence-electron chi connectivity index (χ3n) is 8.96. The zero-order valence-electron chi connectivity index (χ0n) is 29.7. The van der Waals surface area contributed by atoms with Crippen LogP contribution in [0.5, 0.6) is 11.5 Å². The van der Waals surface area contributed by atoms with Gasteiger partial charge in [0, 0.05) is 30.8 Å². The van der Waals surface area contributed by atoms with Gasteiger partial charge in [0.2, 0.25) is 0 Å². The topological polar surface area (TPSA) is 114 Å². The van der Waals surface area contributed by atoms with Gasteiger partial charge in [0.25, 0.3) is 0 Å². The number of pyridine rings is 3. The van der Waals surface area contributed by atoms with Gasteiger partial charge in [-0.3, -0.25) is 14.8 Å². The number of nitrogens with one attached hydrogen (secondary N) is 2. The van der Waals surface area contributed by atoms with E-state index in [-0.39, 0.29) is 19.0 Å². The smallest absolute Gasteiger partial charge is 0.416 e. The van der Waals surface area contributed by atoms with Gasteiger partial charge in [0.05, 0.1) is 66.4 Å². The number of rotatable bonds is 5. The highest BCUT2D eigenvalue weighted by molar-refractivity contribution is 6.02. The molecular formula is C39H35F6N7O4. The molecule has 0 spiro atoms. The maximum atomic E-state index is 13.2. The standard InChI is InChI=1S/C25H24F3N5O3.C14H11F3N2O/c26-25(27,28)18-3-1-2-17(14-18)21-6-7-22-23(31-21)33(10-13-36-22)24(34)30-19-4-5-20(29-15-19)16-32-8-11-35-12-9-32;15-14(16,17)10-3-1-2-9(8-10)11-4-5-12-13(19-11)18-6-7-20-12/h1-7,14-15H,8-13,16H2,(H,30,34);1-5,8H,6-7H2,(H,18,19). The molecule has 2 aromatic carbocycles. The third kappa shape index (κ3) is 9.29. The van der Waals surface area contributed by atoms with Gasteiger partial charge in [-0.15, -0.1) is 0 Å². The third-order valence-corrected chi connectivity index (χ3v) is 8.96. The predicted octanol–water partition coefficient (Wildman–Crippen LogP) is 8.00. The van der Waals surface area contributed by atoms with E-state index in [1.165, 1.54) is 17.0 Å². The first kappa shape index (κ1) is 38.3. The SMILES string of the molecule is FC(F)(F)c1cccc(-c2ccc3c(n2)NCCO3)c1.O=C(Nc1ccc(CN2CCOCC2)nc1)N1CCOc2ccc(-c3cccc(C(F)(F)F)c3)nc21. The molecule has 3 aliphatic heterocycles. The average molecular weight is 780 g/mol.